The first-order valence-electron chi connectivity index (χ1n) is 6.12. The standard InChI is InChI=1S/C12H29NSi2/c1-9-12(5)15(10-2,13-11(3)4)14(6,7)8/h9,11,13H,10H2,1-8H3/b12-9+. The van der Waals surface area contributed by atoms with Crippen molar-refractivity contribution in [3.8, 4) is 0 Å². The third-order valence-corrected chi connectivity index (χ3v) is 20.1. The maximum absolute atomic E-state index is 3.97. The van der Waals surface area contributed by atoms with Gasteiger partial charge in [-0.1, -0.05) is 51.7 Å². The highest BCUT2D eigenvalue weighted by molar-refractivity contribution is 7.42. The summed E-state index contributed by atoms with van der Waals surface area (Å²) in [5.74, 6) is 0. The number of rotatable bonds is 5. The van der Waals surface area contributed by atoms with E-state index in [1.165, 1.54) is 6.04 Å². The molecule has 3 heteroatoms. The summed E-state index contributed by atoms with van der Waals surface area (Å²) < 4.78 is 0. The Morgan fingerprint density at radius 3 is 1.93 bits per heavy atom. The topological polar surface area (TPSA) is 12.0 Å². The van der Waals surface area contributed by atoms with Gasteiger partial charge < -0.3 is 4.98 Å². The third-order valence-electron chi connectivity index (χ3n) is 3.45. The van der Waals surface area contributed by atoms with Gasteiger partial charge >= 0.3 is 0 Å². The lowest BCUT2D eigenvalue weighted by Crippen LogP contribution is -2.69. The molecule has 1 N–H and O–H groups in total. The first-order chi connectivity index (χ1) is 6.71. The molecule has 0 saturated heterocycles. The van der Waals surface area contributed by atoms with E-state index >= 15 is 0 Å². The summed E-state index contributed by atoms with van der Waals surface area (Å²) in [7, 11) is -2.51. The van der Waals surface area contributed by atoms with Gasteiger partial charge in [-0.25, -0.2) is 0 Å². The molecular weight excluding hydrogens is 214 g/mol. The van der Waals surface area contributed by atoms with Crippen molar-refractivity contribution in [3.63, 3.8) is 0 Å². The molecule has 0 aromatic rings. The average Bonchev–Trinajstić information content (AvgIpc) is 2.10. The number of allylic oxidation sites excluding steroid dienone is 2. The Morgan fingerprint density at radius 2 is 1.73 bits per heavy atom. The van der Waals surface area contributed by atoms with Crippen LogP contribution in [-0.2, 0) is 0 Å². The van der Waals surface area contributed by atoms with Crippen LogP contribution in [0.1, 0.15) is 34.6 Å². The van der Waals surface area contributed by atoms with E-state index < -0.39 is 15.3 Å². The lowest BCUT2D eigenvalue weighted by molar-refractivity contribution is 0.735. The second kappa shape index (κ2) is 5.46. The quantitative estimate of drug-likeness (QED) is 0.723. The second-order valence-electron chi connectivity index (χ2n) is 5.78. The molecule has 0 aliphatic heterocycles. The van der Waals surface area contributed by atoms with E-state index in [9.17, 15) is 0 Å². The lowest BCUT2D eigenvalue weighted by Gasteiger charge is -2.44. The van der Waals surface area contributed by atoms with Crippen LogP contribution in [0.25, 0.3) is 0 Å². The van der Waals surface area contributed by atoms with Crippen molar-refractivity contribution in [2.75, 3.05) is 0 Å². The zero-order chi connectivity index (χ0) is 12.3. The number of nitrogens with one attached hydrogen (secondary N) is 1. The van der Waals surface area contributed by atoms with Gasteiger partial charge in [0.25, 0.3) is 0 Å². The molecule has 0 radical (unpaired) electrons. The molecule has 1 atom stereocenters. The maximum Gasteiger partial charge on any atom is 0.141 e. The van der Waals surface area contributed by atoms with Crippen LogP contribution in [0.15, 0.2) is 11.3 Å². The molecule has 90 valence electrons. The minimum absolute atomic E-state index is 0.609. The fraction of sp³-hybridized carbons (Fsp3) is 0.833. The average molecular weight is 244 g/mol. The van der Waals surface area contributed by atoms with Crippen LogP contribution in [0.4, 0.5) is 0 Å². The fourth-order valence-corrected chi connectivity index (χ4v) is 17.0. The van der Waals surface area contributed by atoms with Gasteiger partial charge in [0.05, 0.1) is 7.59 Å². The largest absolute Gasteiger partial charge is 0.334 e. The SMILES string of the molecule is C/C=C(\C)[Si](CC)(NC(C)C)[Si](C)(C)C. The Bertz CT molecular complexity index is 228. The molecule has 0 fully saturated rings. The Hall–Kier alpha value is 0.134. The molecule has 1 nitrogen and oxygen atoms in total. The Balaban J connectivity index is 5.31. The van der Waals surface area contributed by atoms with E-state index in [1.54, 1.807) is 5.20 Å². The highest BCUT2D eigenvalue weighted by atomic mass is 29.3. The van der Waals surface area contributed by atoms with Crippen LogP contribution in [0.3, 0.4) is 0 Å². The molecule has 0 rings (SSSR count). The van der Waals surface area contributed by atoms with Crippen molar-refractivity contribution in [1.29, 1.82) is 0 Å². The molecule has 0 aliphatic rings. The van der Waals surface area contributed by atoms with Crippen LogP contribution in [0.5, 0.6) is 0 Å². The van der Waals surface area contributed by atoms with Gasteiger partial charge in [-0.2, -0.15) is 0 Å². The molecule has 0 heterocycles. The first-order valence-corrected chi connectivity index (χ1v) is 12.8. The molecule has 0 spiro atoms. The van der Waals surface area contributed by atoms with Gasteiger partial charge in [0.2, 0.25) is 0 Å². The van der Waals surface area contributed by atoms with Crippen LogP contribution in [-0.4, -0.2) is 21.4 Å². The van der Waals surface area contributed by atoms with Gasteiger partial charge in [-0.15, -0.1) is 0 Å². The van der Waals surface area contributed by atoms with Crippen molar-refractivity contribution in [2.45, 2.75) is 66.3 Å². The highest BCUT2D eigenvalue weighted by Gasteiger charge is 2.45. The summed E-state index contributed by atoms with van der Waals surface area (Å²) in [5, 5.41) is 1.65. The van der Waals surface area contributed by atoms with E-state index in [0.717, 1.165) is 0 Å². The van der Waals surface area contributed by atoms with Crippen molar-refractivity contribution in [3.05, 3.63) is 11.3 Å². The molecular formula is C12H29NSi2. The molecule has 0 bridgehead atoms. The minimum atomic E-state index is -1.39. The van der Waals surface area contributed by atoms with Crippen molar-refractivity contribution < 1.29 is 0 Å². The molecule has 1 unspecified atom stereocenters. The predicted octanol–water partition coefficient (Wildman–Crippen LogP) is 3.87. The van der Waals surface area contributed by atoms with Crippen LogP contribution in [0.2, 0.25) is 25.7 Å². The van der Waals surface area contributed by atoms with Gasteiger partial charge in [0.15, 0.2) is 0 Å². The molecule has 15 heavy (non-hydrogen) atoms. The summed E-state index contributed by atoms with van der Waals surface area (Å²) in [6.07, 6.45) is 2.34. The molecule has 0 saturated carbocycles. The minimum Gasteiger partial charge on any atom is -0.334 e. The Morgan fingerprint density at radius 1 is 1.27 bits per heavy atom. The molecule has 0 aliphatic carbocycles. The van der Waals surface area contributed by atoms with Crippen LogP contribution < -0.4 is 4.98 Å². The van der Waals surface area contributed by atoms with Crippen molar-refractivity contribution in [2.24, 2.45) is 0 Å². The summed E-state index contributed by atoms with van der Waals surface area (Å²) in [6, 6.07) is 1.94. The molecule has 0 amide bonds. The zero-order valence-electron chi connectivity index (χ0n) is 11.9. The molecule has 0 aromatic carbocycles. The van der Waals surface area contributed by atoms with Gasteiger partial charge in [-0.3, -0.25) is 0 Å². The predicted molar refractivity (Wildman–Crippen MR) is 77.3 cm³/mol. The van der Waals surface area contributed by atoms with E-state index in [0.29, 0.717) is 6.04 Å². The van der Waals surface area contributed by atoms with E-state index in [2.05, 4.69) is 65.3 Å². The fourth-order valence-electron chi connectivity index (χ4n) is 2.57. The monoisotopic (exact) mass is 243 g/mol. The van der Waals surface area contributed by atoms with E-state index in [-0.39, 0.29) is 0 Å². The lowest BCUT2D eigenvalue weighted by atomic mass is 10.4. The van der Waals surface area contributed by atoms with Crippen molar-refractivity contribution in [1.82, 2.24) is 4.98 Å². The van der Waals surface area contributed by atoms with E-state index in [4.69, 9.17) is 0 Å². The summed E-state index contributed by atoms with van der Waals surface area (Å²) in [6.45, 7) is 19.0. The smallest absolute Gasteiger partial charge is 0.141 e. The number of hydrogen-bond acceptors (Lipinski definition) is 1. The van der Waals surface area contributed by atoms with Crippen molar-refractivity contribution >= 4 is 15.3 Å². The second-order valence-corrected chi connectivity index (χ2v) is 20.9. The zero-order valence-corrected chi connectivity index (χ0v) is 13.9. The summed E-state index contributed by atoms with van der Waals surface area (Å²) in [4.78, 5) is 3.97. The highest BCUT2D eigenvalue weighted by Crippen LogP contribution is 2.28. The summed E-state index contributed by atoms with van der Waals surface area (Å²) in [5.41, 5.74) is 0. The first kappa shape index (κ1) is 15.1. The summed E-state index contributed by atoms with van der Waals surface area (Å²) >= 11 is 0. The van der Waals surface area contributed by atoms with Gasteiger partial charge in [0, 0.05) is 0 Å². The Kier molecular flexibility index (Phi) is 5.51. The van der Waals surface area contributed by atoms with Crippen LogP contribution >= 0.6 is 0 Å². The van der Waals surface area contributed by atoms with Gasteiger partial charge in [0.1, 0.15) is 7.75 Å². The maximum atomic E-state index is 3.97. The Labute approximate surface area is 98.2 Å². The van der Waals surface area contributed by atoms with E-state index in [1.807, 2.05) is 0 Å². The number of hydrogen-bond donors (Lipinski definition) is 1. The normalized spacial score (nSPS) is 18.1. The molecule has 0 aromatic heterocycles. The van der Waals surface area contributed by atoms with Crippen LogP contribution in [0, 0.1) is 0 Å². The third kappa shape index (κ3) is 3.29. The van der Waals surface area contributed by atoms with Gasteiger partial charge in [-0.05, 0) is 25.9 Å².